The highest BCUT2D eigenvalue weighted by molar-refractivity contribution is 7.90. The molecule has 102 valence electrons. The first kappa shape index (κ1) is 14.7. The van der Waals surface area contributed by atoms with Gasteiger partial charge in [-0.3, -0.25) is 0 Å². The number of nitrogens with one attached hydrogen (secondary N) is 1. The molecule has 0 saturated heterocycles. The Bertz CT molecular complexity index is 505. The lowest BCUT2D eigenvalue weighted by atomic mass is 10.3. The number of methoxy groups -OCH3 is 1. The molecule has 0 amide bonds. The molecule has 0 bridgehead atoms. The van der Waals surface area contributed by atoms with E-state index in [1.807, 2.05) is 0 Å². The van der Waals surface area contributed by atoms with Gasteiger partial charge in [0.25, 0.3) is 0 Å². The van der Waals surface area contributed by atoms with Crippen LogP contribution >= 0.6 is 0 Å². The Morgan fingerprint density at radius 2 is 2.17 bits per heavy atom. The third-order valence-electron chi connectivity index (χ3n) is 2.23. The van der Waals surface area contributed by atoms with Crippen molar-refractivity contribution in [2.45, 2.75) is 19.5 Å². The molecule has 6 nitrogen and oxygen atoms in total. The van der Waals surface area contributed by atoms with Crippen molar-refractivity contribution in [2.24, 2.45) is 0 Å². The molecule has 0 saturated carbocycles. The summed E-state index contributed by atoms with van der Waals surface area (Å²) in [6.07, 6.45) is 1.19. The summed E-state index contributed by atoms with van der Waals surface area (Å²) in [4.78, 5) is 11.1. The number of hydrogen-bond acceptors (Lipinski definition) is 6. The van der Waals surface area contributed by atoms with Crippen molar-refractivity contribution in [1.29, 1.82) is 0 Å². The van der Waals surface area contributed by atoms with Crippen molar-refractivity contribution in [2.75, 3.05) is 19.1 Å². The SMILES string of the molecule is COC(=O)c1ccc(CNC(C)CS(C)(=O)=O)o1. The second-order valence-corrected chi connectivity index (χ2v) is 6.32. The number of rotatable bonds is 6. The van der Waals surface area contributed by atoms with E-state index in [0.717, 1.165) is 0 Å². The largest absolute Gasteiger partial charge is 0.463 e. The smallest absolute Gasteiger partial charge is 0.373 e. The van der Waals surface area contributed by atoms with Crippen LogP contribution in [0.15, 0.2) is 16.5 Å². The number of sulfone groups is 1. The number of hydrogen-bond donors (Lipinski definition) is 1. The van der Waals surface area contributed by atoms with E-state index in [-0.39, 0.29) is 17.6 Å². The minimum Gasteiger partial charge on any atom is -0.463 e. The maximum Gasteiger partial charge on any atom is 0.373 e. The quantitative estimate of drug-likeness (QED) is 0.765. The van der Waals surface area contributed by atoms with Gasteiger partial charge in [0.05, 0.1) is 19.4 Å². The van der Waals surface area contributed by atoms with Crippen LogP contribution in [0.3, 0.4) is 0 Å². The van der Waals surface area contributed by atoms with Crippen LogP contribution in [-0.4, -0.2) is 39.5 Å². The lowest BCUT2D eigenvalue weighted by Gasteiger charge is -2.10. The highest BCUT2D eigenvalue weighted by atomic mass is 32.2. The van der Waals surface area contributed by atoms with Gasteiger partial charge in [-0.15, -0.1) is 0 Å². The van der Waals surface area contributed by atoms with Crippen molar-refractivity contribution in [3.8, 4) is 0 Å². The summed E-state index contributed by atoms with van der Waals surface area (Å²) in [5.74, 6) is 0.198. The first-order valence-corrected chi connectivity index (χ1v) is 7.46. The minimum absolute atomic E-state index is 0.0531. The number of esters is 1. The van der Waals surface area contributed by atoms with E-state index in [4.69, 9.17) is 4.42 Å². The van der Waals surface area contributed by atoms with E-state index in [1.54, 1.807) is 13.0 Å². The van der Waals surface area contributed by atoms with Crippen LogP contribution < -0.4 is 5.32 Å². The predicted octanol–water partition coefficient (Wildman–Crippen LogP) is 0.589. The fourth-order valence-electron chi connectivity index (χ4n) is 1.47. The zero-order chi connectivity index (χ0) is 13.8. The van der Waals surface area contributed by atoms with Crippen LogP contribution in [0.1, 0.15) is 23.2 Å². The van der Waals surface area contributed by atoms with E-state index in [9.17, 15) is 13.2 Å². The van der Waals surface area contributed by atoms with E-state index in [1.165, 1.54) is 19.4 Å². The van der Waals surface area contributed by atoms with Crippen LogP contribution in [0.5, 0.6) is 0 Å². The Kier molecular flexibility index (Phi) is 4.92. The fraction of sp³-hybridized carbons (Fsp3) is 0.545. The number of carbonyl (C=O) groups excluding carboxylic acids is 1. The molecule has 1 unspecified atom stereocenters. The summed E-state index contributed by atoms with van der Waals surface area (Å²) < 4.78 is 31.9. The standard InChI is InChI=1S/C11H17NO5S/c1-8(7-18(3,14)15)12-6-9-4-5-10(17-9)11(13)16-2/h4-5,8,12H,6-7H2,1-3H3. The molecule has 1 aromatic heterocycles. The molecule has 0 aliphatic heterocycles. The Morgan fingerprint density at radius 1 is 1.50 bits per heavy atom. The second kappa shape index (κ2) is 6.01. The van der Waals surface area contributed by atoms with E-state index < -0.39 is 15.8 Å². The molecule has 0 aromatic carbocycles. The van der Waals surface area contributed by atoms with Gasteiger partial charge in [-0.05, 0) is 19.1 Å². The van der Waals surface area contributed by atoms with Crippen molar-refractivity contribution in [1.82, 2.24) is 5.32 Å². The molecule has 1 N–H and O–H groups in total. The highest BCUT2D eigenvalue weighted by Crippen LogP contribution is 2.09. The van der Waals surface area contributed by atoms with Crippen LogP contribution in [0.2, 0.25) is 0 Å². The molecule has 1 heterocycles. The molecule has 0 radical (unpaired) electrons. The Balaban J connectivity index is 2.49. The third kappa shape index (κ3) is 4.89. The summed E-state index contributed by atoms with van der Waals surface area (Å²) in [5.41, 5.74) is 0. The molecule has 1 rings (SSSR count). The molecular weight excluding hydrogens is 258 g/mol. The Morgan fingerprint density at radius 3 is 2.72 bits per heavy atom. The maximum absolute atomic E-state index is 11.1. The zero-order valence-electron chi connectivity index (χ0n) is 10.6. The molecule has 0 aliphatic rings. The van der Waals surface area contributed by atoms with Gasteiger partial charge in [-0.25, -0.2) is 13.2 Å². The molecule has 0 aliphatic carbocycles. The third-order valence-corrected chi connectivity index (χ3v) is 3.33. The van der Waals surface area contributed by atoms with Crippen LogP contribution in [0, 0.1) is 0 Å². The van der Waals surface area contributed by atoms with Gasteiger partial charge in [0.15, 0.2) is 0 Å². The van der Waals surface area contributed by atoms with Crippen molar-refractivity contribution < 1.29 is 22.4 Å². The first-order chi connectivity index (χ1) is 8.31. The highest BCUT2D eigenvalue weighted by Gasteiger charge is 2.13. The number of ether oxygens (including phenoxy) is 1. The van der Waals surface area contributed by atoms with Gasteiger partial charge >= 0.3 is 5.97 Å². The van der Waals surface area contributed by atoms with Crippen molar-refractivity contribution in [3.63, 3.8) is 0 Å². The van der Waals surface area contributed by atoms with E-state index in [2.05, 4.69) is 10.1 Å². The lowest BCUT2D eigenvalue weighted by molar-refractivity contribution is 0.0563. The summed E-state index contributed by atoms with van der Waals surface area (Å²) in [6.45, 7) is 2.12. The molecule has 1 aromatic rings. The molecule has 0 fully saturated rings. The topological polar surface area (TPSA) is 85.6 Å². The number of furan rings is 1. The van der Waals surface area contributed by atoms with E-state index >= 15 is 0 Å². The van der Waals surface area contributed by atoms with Gasteiger partial charge < -0.3 is 14.5 Å². The van der Waals surface area contributed by atoms with Crippen LogP contribution in [0.25, 0.3) is 0 Å². The van der Waals surface area contributed by atoms with Gasteiger partial charge in [-0.2, -0.15) is 0 Å². The zero-order valence-corrected chi connectivity index (χ0v) is 11.4. The molecule has 0 spiro atoms. The van der Waals surface area contributed by atoms with Crippen molar-refractivity contribution >= 4 is 15.8 Å². The molecular formula is C11H17NO5S. The van der Waals surface area contributed by atoms with Gasteiger partial charge in [0.2, 0.25) is 5.76 Å². The van der Waals surface area contributed by atoms with E-state index in [0.29, 0.717) is 12.3 Å². The lowest BCUT2D eigenvalue weighted by Crippen LogP contribution is -2.32. The summed E-state index contributed by atoms with van der Waals surface area (Å²) in [7, 11) is -1.73. The molecule has 18 heavy (non-hydrogen) atoms. The van der Waals surface area contributed by atoms with Gasteiger partial charge in [-0.1, -0.05) is 0 Å². The Labute approximate surface area is 106 Å². The average Bonchev–Trinajstić information content (AvgIpc) is 2.71. The molecule has 7 heteroatoms. The predicted molar refractivity (Wildman–Crippen MR) is 66.1 cm³/mol. The maximum atomic E-state index is 11.1. The average molecular weight is 275 g/mol. The fourth-order valence-corrected chi connectivity index (χ4v) is 2.50. The number of carbonyl (C=O) groups is 1. The first-order valence-electron chi connectivity index (χ1n) is 5.40. The summed E-state index contributed by atoms with van der Waals surface area (Å²) >= 11 is 0. The second-order valence-electron chi connectivity index (χ2n) is 4.13. The minimum atomic E-state index is -3.01. The Hall–Kier alpha value is -1.34. The normalized spacial score (nSPS) is 13.3. The van der Waals surface area contributed by atoms with Gasteiger partial charge in [0, 0.05) is 12.3 Å². The summed E-state index contributed by atoms with van der Waals surface area (Å²) in [5, 5.41) is 3.00. The van der Waals surface area contributed by atoms with Crippen LogP contribution in [0.4, 0.5) is 0 Å². The van der Waals surface area contributed by atoms with Crippen LogP contribution in [-0.2, 0) is 21.1 Å². The monoisotopic (exact) mass is 275 g/mol. The van der Waals surface area contributed by atoms with Gasteiger partial charge in [0.1, 0.15) is 15.6 Å². The summed E-state index contributed by atoms with van der Waals surface area (Å²) in [6, 6.07) is 2.97. The van der Waals surface area contributed by atoms with Crippen molar-refractivity contribution in [3.05, 3.63) is 23.7 Å². The molecule has 1 atom stereocenters.